The summed E-state index contributed by atoms with van der Waals surface area (Å²) in [5.41, 5.74) is 1.04. The second kappa shape index (κ2) is 9.20. The molecule has 0 spiro atoms. The zero-order valence-electron chi connectivity index (χ0n) is 17.7. The average molecular weight is 480 g/mol. The van der Waals surface area contributed by atoms with Crippen LogP contribution in [-0.4, -0.2) is 54.9 Å². The van der Waals surface area contributed by atoms with Gasteiger partial charge in [0.1, 0.15) is 23.0 Å². The maximum Gasteiger partial charge on any atom is 0.410 e. The lowest BCUT2D eigenvalue weighted by atomic mass is 10.0. The molecular weight excluding hydrogens is 453 g/mol. The van der Waals surface area contributed by atoms with E-state index in [0.717, 1.165) is 11.4 Å². The second-order valence-corrected chi connectivity index (χ2v) is 9.00. The first kappa shape index (κ1) is 22.3. The van der Waals surface area contributed by atoms with Gasteiger partial charge in [0.05, 0.1) is 11.6 Å². The number of methoxy groups -OCH3 is 1. The number of hydrogen-bond donors (Lipinski definition) is 0. The molecule has 1 fully saturated rings. The molecule has 1 aromatic heterocycles. The molecule has 2 heterocycles. The lowest BCUT2D eigenvalue weighted by molar-refractivity contribution is 0.0240. The summed E-state index contributed by atoms with van der Waals surface area (Å²) in [5, 5.41) is 0. The van der Waals surface area contributed by atoms with Crippen LogP contribution in [-0.2, 0) is 11.2 Å². The summed E-state index contributed by atoms with van der Waals surface area (Å²) in [5.74, 6) is 0.970. The van der Waals surface area contributed by atoms with Crippen LogP contribution in [0.2, 0.25) is 0 Å². The van der Waals surface area contributed by atoms with Crippen molar-refractivity contribution in [1.29, 1.82) is 0 Å². The van der Waals surface area contributed by atoms with Crippen molar-refractivity contribution in [2.75, 3.05) is 38.2 Å². The highest BCUT2D eigenvalue weighted by atomic mass is 79.9. The van der Waals surface area contributed by atoms with Gasteiger partial charge in [-0.25, -0.2) is 14.2 Å². The molecule has 1 aliphatic rings. The predicted octanol–water partition coefficient (Wildman–Crippen LogP) is 4.64. The van der Waals surface area contributed by atoms with Crippen molar-refractivity contribution in [3.05, 3.63) is 51.9 Å². The topological polar surface area (TPSA) is 54.9 Å². The number of aromatic nitrogens is 1. The highest BCUT2D eigenvalue weighted by Gasteiger charge is 2.26. The zero-order chi connectivity index (χ0) is 21.9. The number of benzene rings is 1. The van der Waals surface area contributed by atoms with E-state index in [4.69, 9.17) is 9.47 Å². The summed E-state index contributed by atoms with van der Waals surface area (Å²) in [6, 6.07) is 7.35. The van der Waals surface area contributed by atoms with Crippen molar-refractivity contribution in [2.45, 2.75) is 32.8 Å². The van der Waals surface area contributed by atoms with Crippen molar-refractivity contribution in [3.63, 3.8) is 0 Å². The maximum atomic E-state index is 14.6. The molecule has 8 heteroatoms. The minimum absolute atomic E-state index is 0.288. The largest absolute Gasteiger partial charge is 0.495 e. The summed E-state index contributed by atoms with van der Waals surface area (Å²) in [4.78, 5) is 20.6. The van der Waals surface area contributed by atoms with E-state index in [0.29, 0.717) is 48.4 Å². The fourth-order valence-electron chi connectivity index (χ4n) is 3.27. The number of rotatable bonds is 4. The number of pyridine rings is 1. The van der Waals surface area contributed by atoms with Crippen molar-refractivity contribution < 1.29 is 18.7 Å². The first-order chi connectivity index (χ1) is 14.2. The minimum Gasteiger partial charge on any atom is -0.495 e. The van der Waals surface area contributed by atoms with E-state index in [2.05, 4.69) is 25.8 Å². The standard InChI is InChI=1S/C22H27BrFN3O3/c1-22(2,3)30-21(28)27-11-9-26(10-12-27)18-14-15(7-8-25-18)13-16-5-6-17(29-4)19(23)20(16)24/h5-8,14H,9-13H2,1-4H3. The molecule has 30 heavy (non-hydrogen) atoms. The average Bonchev–Trinajstić information content (AvgIpc) is 2.71. The Hall–Kier alpha value is -2.35. The molecule has 1 aromatic carbocycles. The highest BCUT2D eigenvalue weighted by molar-refractivity contribution is 9.10. The smallest absolute Gasteiger partial charge is 0.410 e. The Morgan fingerprint density at radius 1 is 1.20 bits per heavy atom. The van der Waals surface area contributed by atoms with Gasteiger partial charge < -0.3 is 19.3 Å². The van der Waals surface area contributed by atoms with Gasteiger partial charge in [-0.3, -0.25) is 0 Å². The fraction of sp³-hybridized carbons (Fsp3) is 0.455. The quantitative estimate of drug-likeness (QED) is 0.639. The second-order valence-electron chi connectivity index (χ2n) is 8.21. The van der Waals surface area contributed by atoms with Gasteiger partial charge in [0, 0.05) is 38.8 Å². The highest BCUT2D eigenvalue weighted by Crippen LogP contribution is 2.31. The van der Waals surface area contributed by atoms with E-state index in [1.165, 1.54) is 7.11 Å². The Bertz CT molecular complexity index is 909. The molecule has 0 unspecified atom stereocenters. The van der Waals surface area contributed by atoms with E-state index in [1.807, 2.05) is 32.9 Å². The predicted molar refractivity (Wildman–Crippen MR) is 118 cm³/mol. The van der Waals surface area contributed by atoms with Gasteiger partial charge in [-0.1, -0.05) is 6.07 Å². The molecule has 0 saturated carbocycles. The molecule has 0 radical (unpaired) electrons. The van der Waals surface area contributed by atoms with E-state index in [-0.39, 0.29) is 11.9 Å². The number of anilines is 1. The van der Waals surface area contributed by atoms with Gasteiger partial charge in [0.25, 0.3) is 0 Å². The number of carbonyl (C=O) groups excluding carboxylic acids is 1. The third-order valence-electron chi connectivity index (χ3n) is 4.81. The van der Waals surface area contributed by atoms with Crippen LogP contribution in [0, 0.1) is 5.82 Å². The van der Waals surface area contributed by atoms with E-state index >= 15 is 0 Å². The molecule has 0 bridgehead atoms. The van der Waals surface area contributed by atoms with Crippen LogP contribution in [0.25, 0.3) is 0 Å². The number of piperazine rings is 1. The Morgan fingerprint density at radius 2 is 1.90 bits per heavy atom. The first-order valence-electron chi connectivity index (χ1n) is 9.86. The maximum absolute atomic E-state index is 14.6. The molecule has 6 nitrogen and oxygen atoms in total. The molecule has 3 rings (SSSR count). The van der Waals surface area contributed by atoms with Crippen LogP contribution < -0.4 is 9.64 Å². The van der Waals surface area contributed by atoms with Gasteiger partial charge in [0.15, 0.2) is 0 Å². The summed E-state index contributed by atoms with van der Waals surface area (Å²) in [6.07, 6.45) is 1.90. The van der Waals surface area contributed by atoms with Crippen LogP contribution in [0.5, 0.6) is 5.75 Å². The monoisotopic (exact) mass is 479 g/mol. The molecule has 0 N–H and O–H groups in total. The molecule has 1 amide bonds. The number of halogens is 2. The van der Waals surface area contributed by atoms with Gasteiger partial charge in [0.2, 0.25) is 0 Å². The van der Waals surface area contributed by atoms with Gasteiger partial charge in [-0.05, 0) is 66.0 Å². The van der Waals surface area contributed by atoms with Gasteiger partial charge in [-0.15, -0.1) is 0 Å². The molecule has 2 aromatic rings. The number of nitrogens with zero attached hydrogens (tertiary/aromatic N) is 3. The van der Waals surface area contributed by atoms with Crippen molar-refractivity contribution in [2.24, 2.45) is 0 Å². The van der Waals surface area contributed by atoms with E-state index < -0.39 is 5.60 Å². The normalized spacial score (nSPS) is 14.6. The molecule has 0 atom stereocenters. The van der Waals surface area contributed by atoms with Crippen molar-refractivity contribution in [3.8, 4) is 5.75 Å². The molecule has 162 valence electrons. The zero-order valence-corrected chi connectivity index (χ0v) is 19.3. The summed E-state index contributed by atoms with van der Waals surface area (Å²) < 4.78 is 25.5. The van der Waals surface area contributed by atoms with E-state index in [9.17, 15) is 9.18 Å². The summed E-state index contributed by atoms with van der Waals surface area (Å²) >= 11 is 3.25. The molecule has 1 saturated heterocycles. The third kappa shape index (κ3) is 5.41. The molecule has 0 aliphatic carbocycles. The molecular formula is C22H27BrFN3O3. The first-order valence-corrected chi connectivity index (χ1v) is 10.7. The summed E-state index contributed by atoms with van der Waals surface area (Å²) in [6.45, 7) is 8.06. The lowest BCUT2D eigenvalue weighted by Gasteiger charge is -2.36. The van der Waals surface area contributed by atoms with Crippen molar-refractivity contribution in [1.82, 2.24) is 9.88 Å². The number of hydrogen-bond acceptors (Lipinski definition) is 5. The van der Waals surface area contributed by atoms with Gasteiger partial charge >= 0.3 is 6.09 Å². The Labute approximate surface area is 185 Å². The SMILES string of the molecule is COc1ccc(Cc2ccnc(N3CCN(C(=O)OC(C)(C)C)CC3)c2)c(F)c1Br. The Balaban J connectivity index is 1.66. The Morgan fingerprint density at radius 3 is 2.53 bits per heavy atom. The lowest BCUT2D eigenvalue weighted by Crippen LogP contribution is -2.50. The van der Waals surface area contributed by atoms with Crippen LogP contribution in [0.3, 0.4) is 0 Å². The van der Waals surface area contributed by atoms with Gasteiger partial charge in [-0.2, -0.15) is 0 Å². The van der Waals surface area contributed by atoms with Crippen LogP contribution >= 0.6 is 15.9 Å². The number of amides is 1. The third-order valence-corrected chi connectivity index (χ3v) is 5.55. The van der Waals surface area contributed by atoms with Crippen LogP contribution in [0.1, 0.15) is 31.9 Å². The fourth-order valence-corrected chi connectivity index (χ4v) is 3.82. The minimum atomic E-state index is -0.504. The summed E-state index contributed by atoms with van der Waals surface area (Å²) in [7, 11) is 1.51. The van der Waals surface area contributed by atoms with E-state index in [1.54, 1.807) is 23.2 Å². The Kier molecular flexibility index (Phi) is 6.85. The van der Waals surface area contributed by atoms with Crippen LogP contribution in [0.15, 0.2) is 34.9 Å². The van der Waals surface area contributed by atoms with Crippen molar-refractivity contribution >= 4 is 27.8 Å². The number of ether oxygens (including phenoxy) is 2. The molecule has 1 aliphatic heterocycles. The van der Waals surface area contributed by atoms with Crippen LogP contribution in [0.4, 0.5) is 15.0 Å². The number of carbonyl (C=O) groups is 1.